The van der Waals surface area contributed by atoms with Gasteiger partial charge in [-0.15, -0.1) is 11.3 Å². The molecule has 0 bridgehead atoms. The molecule has 0 unspecified atom stereocenters. The van der Waals surface area contributed by atoms with Crippen molar-refractivity contribution in [3.63, 3.8) is 0 Å². The van der Waals surface area contributed by atoms with Gasteiger partial charge in [0.1, 0.15) is 16.2 Å². The molecule has 1 amide bonds. The molecule has 0 aliphatic heterocycles. The molecule has 0 saturated heterocycles. The van der Waals surface area contributed by atoms with Crippen LogP contribution in [-0.4, -0.2) is 27.7 Å². The molecule has 2 aromatic rings. The van der Waals surface area contributed by atoms with Crippen LogP contribution in [0.25, 0.3) is 10.2 Å². The Labute approximate surface area is 132 Å². The Hall–Kier alpha value is -1.14. The molecule has 1 fully saturated rings. The van der Waals surface area contributed by atoms with E-state index in [1.54, 1.807) is 17.7 Å². The predicted octanol–water partition coefficient (Wildman–Crippen LogP) is 3.31. The van der Waals surface area contributed by atoms with Gasteiger partial charge in [-0.1, -0.05) is 11.8 Å². The molecule has 1 aliphatic carbocycles. The van der Waals surface area contributed by atoms with Gasteiger partial charge in [0.05, 0.1) is 5.75 Å². The summed E-state index contributed by atoms with van der Waals surface area (Å²) in [7, 11) is 0. The zero-order valence-electron chi connectivity index (χ0n) is 12.5. The van der Waals surface area contributed by atoms with Gasteiger partial charge in [0.2, 0.25) is 5.91 Å². The molecule has 1 N–H and O–H groups in total. The number of amides is 1. The van der Waals surface area contributed by atoms with E-state index in [0.717, 1.165) is 15.2 Å². The summed E-state index contributed by atoms with van der Waals surface area (Å²) in [5.74, 6) is 1.19. The second kappa shape index (κ2) is 5.93. The van der Waals surface area contributed by atoms with Crippen LogP contribution in [0.5, 0.6) is 0 Å². The number of carbonyl (C=O) groups is 1. The highest BCUT2D eigenvalue weighted by atomic mass is 32.2. The first kappa shape index (κ1) is 14.8. The van der Waals surface area contributed by atoms with Crippen LogP contribution in [0, 0.1) is 19.8 Å². The molecule has 0 radical (unpaired) electrons. The van der Waals surface area contributed by atoms with E-state index in [1.807, 2.05) is 0 Å². The summed E-state index contributed by atoms with van der Waals surface area (Å²) >= 11 is 3.19. The Kier molecular flexibility index (Phi) is 4.17. The largest absolute Gasteiger partial charge is 0.353 e. The van der Waals surface area contributed by atoms with Gasteiger partial charge in [0, 0.05) is 16.3 Å². The van der Waals surface area contributed by atoms with Crippen molar-refractivity contribution < 1.29 is 4.79 Å². The van der Waals surface area contributed by atoms with Crippen LogP contribution in [0.2, 0.25) is 0 Å². The van der Waals surface area contributed by atoms with Crippen molar-refractivity contribution in [2.45, 2.75) is 44.7 Å². The standard InChI is InChI=1S/C15H19N3OS2/c1-8-10(3)21-15-13(8)14(16-7-17-15)20-6-12(19)18-9(2)11-4-5-11/h7,9,11H,4-6H2,1-3H3,(H,18,19)/t9-/m0/s1. The van der Waals surface area contributed by atoms with Crippen molar-refractivity contribution in [2.75, 3.05) is 5.75 Å². The number of thiophene rings is 1. The zero-order valence-corrected chi connectivity index (χ0v) is 14.1. The molecule has 1 atom stereocenters. The lowest BCUT2D eigenvalue weighted by molar-refractivity contribution is -0.119. The lowest BCUT2D eigenvalue weighted by atomic mass is 10.2. The lowest BCUT2D eigenvalue weighted by Crippen LogP contribution is -2.35. The average molecular weight is 321 g/mol. The molecule has 4 nitrogen and oxygen atoms in total. The summed E-state index contributed by atoms with van der Waals surface area (Å²) in [6, 6.07) is 0.300. The van der Waals surface area contributed by atoms with Crippen LogP contribution in [0.3, 0.4) is 0 Å². The minimum Gasteiger partial charge on any atom is -0.353 e. The maximum atomic E-state index is 12.0. The third-order valence-electron chi connectivity index (χ3n) is 3.99. The van der Waals surface area contributed by atoms with Crippen molar-refractivity contribution in [2.24, 2.45) is 5.92 Å². The average Bonchev–Trinajstić information content (AvgIpc) is 3.25. The van der Waals surface area contributed by atoms with Crippen LogP contribution < -0.4 is 5.32 Å². The molecular weight excluding hydrogens is 302 g/mol. The lowest BCUT2D eigenvalue weighted by Gasteiger charge is -2.12. The maximum absolute atomic E-state index is 12.0. The second-order valence-electron chi connectivity index (χ2n) is 5.62. The van der Waals surface area contributed by atoms with Crippen molar-refractivity contribution in [1.29, 1.82) is 0 Å². The number of aryl methyl sites for hydroxylation is 2. The number of rotatable bonds is 5. The number of nitrogens with one attached hydrogen (secondary N) is 1. The van der Waals surface area contributed by atoms with Crippen molar-refractivity contribution in [1.82, 2.24) is 15.3 Å². The minimum atomic E-state index is 0.0933. The van der Waals surface area contributed by atoms with Gasteiger partial charge in [-0.2, -0.15) is 0 Å². The number of fused-ring (bicyclic) bond motifs is 1. The molecule has 0 spiro atoms. The van der Waals surface area contributed by atoms with E-state index < -0.39 is 0 Å². The molecule has 0 aromatic carbocycles. The molecule has 1 saturated carbocycles. The van der Waals surface area contributed by atoms with Gasteiger partial charge in [-0.25, -0.2) is 9.97 Å². The molecular formula is C15H19N3OS2. The fraction of sp³-hybridized carbons (Fsp3) is 0.533. The van der Waals surface area contributed by atoms with Gasteiger partial charge in [0.15, 0.2) is 0 Å². The van der Waals surface area contributed by atoms with E-state index in [-0.39, 0.29) is 5.91 Å². The summed E-state index contributed by atoms with van der Waals surface area (Å²) in [4.78, 5) is 23.0. The number of aromatic nitrogens is 2. The zero-order chi connectivity index (χ0) is 15.0. The molecule has 112 valence electrons. The molecule has 3 rings (SSSR count). The monoisotopic (exact) mass is 321 g/mol. The normalized spacial score (nSPS) is 16.1. The number of nitrogens with zero attached hydrogens (tertiary/aromatic N) is 2. The number of hydrogen-bond acceptors (Lipinski definition) is 5. The second-order valence-corrected chi connectivity index (χ2v) is 7.79. The summed E-state index contributed by atoms with van der Waals surface area (Å²) in [6.07, 6.45) is 4.08. The SMILES string of the molecule is Cc1sc2ncnc(SCC(=O)N[C@@H](C)C3CC3)c2c1C. The topological polar surface area (TPSA) is 54.9 Å². The van der Waals surface area contributed by atoms with Crippen molar-refractivity contribution in [3.8, 4) is 0 Å². The van der Waals surface area contributed by atoms with E-state index in [1.165, 1.54) is 35.0 Å². The Morgan fingerprint density at radius 3 is 2.95 bits per heavy atom. The first-order chi connectivity index (χ1) is 10.1. The first-order valence-corrected chi connectivity index (χ1v) is 8.99. The molecule has 21 heavy (non-hydrogen) atoms. The summed E-state index contributed by atoms with van der Waals surface area (Å²) in [6.45, 7) is 6.28. The fourth-order valence-electron chi connectivity index (χ4n) is 2.40. The highest BCUT2D eigenvalue weighted by Gasteiger charge is 2.28. The van der Waals surface area contributed by atoms with Crippen LogP contribution in [0.1, 0.15) is 30.2 Å². The Morgan fingerprint density at radius 2 is 2.24 bits per heavy atom. The quantitative estimate of drug-likeness (QED) is 0.678. The molecule has 2 aromatic heterocycles. The van der Waals surface area contributed by atoms with Crippen LogP contribution in [-0.2, 0) is 4.79 Å². The summed E-state index contributed by atoms with van der Waals surface area (Å²) < 4.78 is 0. The van der Waals surface area contributed by atoms with Gasteiger partial charge in [0.25, 0.3) is 0 Å². The Morgan fingerprint density at radius 1 is 1.48 bits per heavy atom. The first-order valence-electron chi connectivity index (χ1n) is 7.19. The van der Waals surface area contributed by atoms with Crippen LogP contribution in [0.15, 0.2) is 11.4 Å². The highest BCUT2D eigenvalue weighted by Crippen LogP contribution is 2.35. The highest BCUT2D eigenvalue weighted by molar-refractivity contribution is 8.00. The van der Waals surface area contributed by atoms with Gasteiger partial charge >= 0.3 is 0 Å². The smallest absolute Gasteiger partial charge is 0.230 e. The van der Waals surface area contributed by atoms with Gasteiger partial charge in [-0.3, -0.25) is 4.79 Å². The number of hydrogen-bond donors (Lipinski definition) is 1. The van der Waals surface area contributed by atoms with Gasteiger partial charge in [-0.05, 0) is 45.1 Å². The number of carbonyl (C=O) groups excluding carboxylic acids is 1. The molecule has 6 heteroatoms. The Balaban J connectivity index is 1.68. The summed E-state index contributed by atoms with van der Waals surface area (Å²) in [5, 5.41) is 5.10. The van der Waals surface area contributed by atoms with E-state index in [9.17, 15) is 4.79 Å². The summed E-state index contributed by atoms with van der Waals surface area (Å²) in [5.41, 5.74) is 1.23. The molecule has 2 heterocycles. The fourth-order valence-corrected chi connectivity index (χ4v) is 4.33. The number of thioether (sulfide) groups is 1. The maximum Gasteiger partial charge on any atom is 0.230 e. The molecule has 1 aliphatic rings. The minimum absolute atomic E-state index is 0.0933. The van der Waals surface area contributed by atoms with Crippen molar-refractivity contribution in [3.05, 3.63) is 16.8 Å². The Bertz CT molecular complexity index is 679. The van der Waals surface area contributed by atoms with Crippen LogP contribution in [0.4, 0.5) is 0 Å². The van der Waals surface area contributed by atoms with E-state index in [0.29, 0.717) is 17.7 Å². The van der Waals surface area contributed by atoms with E-state index in [4.69, 9.17) is 0 Å². The van der Waals surface area contributed by atoms with Gasteiger partial charge < -0.3 is 5.32 Å². The van der Waals surface area contributed by atoms with E-state index in [2.05, 4.69) is 36.1 Å². The van der Waals surface area contributed by atoms with Crippen LogP contribution >= 0.6 is 23.1 Å². The van der Waals surface area contributed by atoms with Crippen molar-refractivity contribution >= 4 is 39.2 Å². The van der Waals surface area contributed by atoms with E-state index >= 15 is 0 Å². The third kappa shape index (κ3) is 3.21. The third-order valence-corrected chi connectivity index (χ3v) is 6.09. The predicted molar refractivity (Wildman–Crippen MR) is 87.9 cm³/mol.